The lowest BCUT2D eigenvalue weighted by atomic mass is 10.1. The molecule has 0 saturated carbocycles. The van der Waals surface area contributed by atoms with Crippen LogP contribution in [0.2, 0.25) is 0 Å². The van der Waals surface area contributed by atoms with E-state index in [0.29, 0.717) is 0 Å². The maximum Gasteiger partial charge on any atom is 0.0926 e. The summed E-state index contributed by atoms with van der Waals surface area (Å²) in [5.41, 5.74) is 4.67. The second-order valence-electron chi connectivity index (χ2n) is 3.95. The molecular weight excluding hydrogens is 198 g/mol. The number of likely N-dealkylation sites (N-methyl/N-ethyl adjacent to an activating group) is 1. The van der Waals surface area contributed by atoms with E-state index in [1.165, 1.54) is 16.8 Å². The Hall–Kier alpha value is -1.61. The van der Waals surface area contributed by atoms with Crippen LogP contribution in [0.15, 0.2) is 30.3 Å². The first kappa shape index (κ1) is 10.9. The second-order valence-corrected chi connectivity index (χ2v) is 3.95. The molecule has 0 fully saturated rings. The van der Waals surface area contributed by atoms with Crippen LogP contribution in [-0.2, 0) is 6.42 Å². The van der Waals surface area contributed by atoms with Crippen molar-refractivity contribution in [3.8, 4) is 11.3 Å². The highest BCUT2D eigenvalue weighted by Gasteiger charge is 2.05. The maximum absolute atomic E-state index is 4.35. The van der Waals surface area contributed by atoms with Crippen molar-refractivity contribution in [3.05, 3.63) is 41.6 Å². The van der Waals surface area contributed by atoms with Crippen molar-refractivity contribution in [1.82, 2.24) is 15.5 Å². The molecule has 84 valence electrons. The Morgan fingerprint density at radius 3 is 2.88 bits per heavy atom. The summed E-state index contributed by atoms with van der Waals surface area (Å²) >= 11 is 0. The zero-order valence-corrected chi connectivity index (χ0v) is 9.75. The quantitative estimate of drug-likeness (QED) is 0.820. The van der Waals surface area contributed by atoms with Crippen molar-refractivity contribution in [2.24, 2.45) is 0 Å². The molecule has 1 heterocycles. The van der Waals surface area contributed by atoms with Crippen LogP contribution in [0.5, 0.6) is 0 Å². The Bertz CT molecular complexity index is 460. The Labute approximate surface area is 95.9 Å². The van der Waals surface area contributed by atoms with Crippen molar-refractivity contribution >= 4 is 0 Å². The lowest BCUT2D eigenvalue weighted by Gasteiger charge is -1.99. The van der Waals surface area contributed by atoms with Crippen LogP contribution < -0.4 is 5.32 Å². The summed E-state index contributed by atoms with van der Waals surface area (Å²) in [7, 11) is 1.96. The van der Waals surface area contributed by atoms with E-state index in [9.17, 15) is 0 Å². The highest BCUT2D eigenvalue weighted by atomic mass is 15.1. The van der Waals surface area contributed by atoms with Crippen molar-refractivity contribution in [3.63, 3.8) is 0 Å². The minimum Gasteiger partial charge on any atom is -0.319 e. The molecular formula is C13H17N3. The predicted octanol–water partition coefficient (Wildman–Crippen LogP) is 2.15. The van der Waals surface area contributed by atoms with Gasteiger partial charge in [-0.15, -0.1) is 0 Å². The van der Waals surface area contributed by atoms with E-state index in [1.54, 1.807) is 0 Å². The SMILES string of the molecule is CNCCc1cc(-c2ccccc2C)n[nH]1. The van der Waals surface area contributed by atoms with Gasteiger partial charge in [0.2, 0.25) is 0 Å². The fourth-order valence-electron chi connectivity index (χ4n) is 1.75. The van der Waals surface area contributed by atoms with E-state index in [1.807, 2.05) is 19.2 Å². The largest absolute Gasteiger partial charge is 0.319 e. The molecule has 16 heavy (non-hydrogen) atoms. The Kier molecular flexibility index (Phi) is 3.37. The molecule has 0 saturated heterocycles. The topological polar surface area (TPSA) is 40.7 Å². The number of benzene rings is 1. The average Bonchev–Trinajstić information content (AvgIpc) is 2.75. The van der Waals surface area contributed by atoms with Gasteiger partial charge in [-0.25, -0.2) is 0 Å². The van der Waals surface area contributed by atoms with Crippen molar-refractivity contribution in [1.29, 1.82) is 0 Å². The summed E-state index contributed by atoms with van der Waals surface area (Å²) in [6, 6.07) is 10.4. The van der Waals surface area contributed by atoms with Crippen LogP contribution in [0.3, 0.4) is 0 Å². The van der Waals surface area contributed by atoms with Crippen LogP contribution in [0, 0.1) is 6.92 Å². The number of H-pyrrole nitrogens is 1. The maximum atomic E-state index is 4.35. The molecule has 2 aromatic rings. The molecule has 3 nitrogen and oxygen atoms in total. The average molecular weight is 215 g/mol. The molecule has 0 aliphatic rings. The van der Waals surface area contributed by atoms with Crippen LogP contribution in [-0.4, -0.2) is 23.8 Å². The van der Waals surface area contributed by atoms with Crippen molar-refractivity contribution in [2.45, 2.75) is 13.3 Å². The normalized spacial score (nSPS) is 10.6. The van der Waals surface area contributed by atoms with Crippen LogP contribution >= 0.6 is 0 Å². The fourth-order valence-corrected chi connectivity index (χ4v) is 1.75. The van der Waals surface area contributed by atoms with Gasteiger partial charge in [0.25, 0.3) is 0 Å². The van der Waals surface area contributed by atoms with Gasteiger partial charge in [0.05, 0.1) is 5.69 Å². The predicted molar refractivity (Wildman–Crippen MR) is 66.4 cm³/mol. The summed E-state index contributed by atoms with van der Waals surface area (Å²) < 4.78 is 0. The zero-order chi connectivity index (χ0) is 11.4. The summed E-state index contributed by atoms with van der Waals surface area (Å²) in [6.07, 6.45) is 0.982. The number of hydrogen-bond acceptors (Lipinski definition) is 2. The monoisotopic (exact) mass is 215 g/mol. The number of nitrogens with zero attached hydrogens (tertiary/aromatic N) is 1. The molecule has 0 spiro atoms. The van der Waals surface area contributed by atoms with E-state index in [-0.39, 0.29) is 0 Å². The fraction of sp³-hybridized carbons (Fsp3) is 0.308. The Morgan fingerprint density at radius 2 is 2.12 bits per heavy atom. The van der Waals surface area contributed by atoms with Gasteiger partial charge < -0.3 is 5.32 Å². The molecule has 2 N–H and O–H groups in total. The molecule has 0 amide bonds. The zero-order valence-electron chi connectivity index (χ0n) is 9.75. The molecule has 0 aliphatic heterocycles. The summed E-state index contributed by atoms with van der Waals surface area (Å²) in [6.45, 7) is 3.08. The van der Waals surface area contributed by atoms with E-state index < -0.39 is 0 Å². The highest BCUT2D eigenvalue weighted by Crippen LogP contribution is 2.21. The summed E-state index contributed by atoms with van der Waals surface area (Å²) in [5, 5.41) is 10.6. The number of rotatable bonds is 4. The number of hydrogen-bond donors (Lipinski definition) is 2. The number of aromatic nitrogens is 2. The number of aromatic amines is 1. The smallest absolute Gasteiger partial charge is 0.0926 e. The van der Waals surface area contributed by atoms with Gasteiger partial charge in [-0.2, -0.15) is 5.10 Å². The summed E-state index contributed by atoms with van der Waals surface area (Å²) in [4.78, 5) is 0. The van der Waals surface area contributed by atoms with Crippen LogP contribution in [0.25, 0.3) is 11.3 Å². The number of nitrogens with one attached hydrogen (secondary N) is 2. The van der Waals surface area contributed by atoms with Gasteiger partial charge in [0.1, 0.15) is 0 Å². The van der Waals surface area contributed by atoms with Crippen LogP contribution in [0.4, 0.5) is 0 Å². The molecule has 2 rings (SSSR count). The lowest BCUT2D eigenvalue weighted by Crippen LogP contribution is -2.10. The summed E-state index contributed by atoms with van der Waals surface area (Å²) in [5.74, 6) is 0. The molecule has 0 aliphatic carbocycles. The van der Waals surface area contributed by atoms with Gasteiger partial charge in [-0.05, 0) is 25.6 Å². The standard InChI is InChI=1S/C13H17N3/c1-10-5-3-4-6-12(10)13-9-11(15-16-13)7-8-14-2/h3-6,9,14H,7-8H2,1-2H3,(H,15,16). The minimum atomic E-state index is 0.968. The third-order valence-electron chi connectivity index (χ3n) is 2.70. The van der Waals surface area contributed by atoms with Gasteiger partial charge >= 0.3 is 0 Å². The lowest BCUT2D eigenvalue weighted by molar-refractivity contribution is 0.772. The second kappa shape index (κ2) is 4.94. The molecule has 0 bridgehead atoms. The first-order chi connectivity index (χ1) is 7.81. The van der Waals surface area contributed by atoms with Crippen LogP contribution in [0.1, 0.15) is 11.3 Å². The van der Waals surface area contributed by atoms with E-state index in [4.69, 9.17) is 0 Å². The molecule has 1 aromatic heterocycles. The number of aryl methyl sites for hydroxylation is 1. The van der Waals surface area contributed by atoms with Gasteiger partial charge in [0.15, 0.2) is 0 Å². The van der Waals surface area contributed by atoms with Crippen molar-refractivity contribution < 1.29 is 0 Å². The van der Waals surface area contributed by atoms with Gasteiger partial charge in [-0.3, -0.25) is 5.10 Å². The van der Waals surface area contributed by atoms with Gasteiger partial charge in [-0.1, -0.05) is 24.3 Å². The first-order valence-electron chi connectivity index (χ1n) is 5.56. The molecule has 3 heteroatoms. The molecule has 1 aromatic carbocycles. The van der Waals surface area contributed by atoms with E-state index >= 15 is 0 Å². The third-order valence-corrected chi connectivity index (χ3v) is 2.70. The third kappa shape index (κ3) is 2.31. The molecule has 0 radical (unpaired) electrons. The Balaban J connectivity index is 2.22. The van der Waals surface area contributed by atoms with E-state index in [0.717, 1.165) is 18.7 Å². The molecule has 0 unspecified atom stereocenters. The Morgan fingerprint density at radius 1 is 1.31 bits per heavy atom. The molecule has 0 atom stereocenters. The van der Waals surface area contributed by atoms with E-state index in [2.05, 4.69) is 40.6 Å². The first-order valence-corrected chi connectivity index (χ1v) is 5.56. The van der Waals surface area contributed by atoms with Gasteiger partial charge in [0, 0.05) is 24.2 Å². The minimum absolute atomic E-state index is 0.968. The highest BCUT2D eigenvalue weighted by molar-refractivity contribution is 5.63. The van der Waals surface area contributed by atoms with Crippen molar-refractivity contribution in [2.75, 3.05) is 13.6 Å².